The average molecular weight is 1180 g/mol. The van der Waals surface area contributed by atoms with Crippen LogP contribution in [-0.4, -0.2) is 49.3 Å². The van der Waals surface area contributed by atoms with E-state index < -0.39 is 26.5 Å². The highest BCUT2D eigenvalue weighted by Crippen LogP contribution is 2.43. The van der Waals surface area contributed by atoms with Crippen molar-refractivity contribution >= 4 is 19.8 Å². The molecule has 0 saturated carbocycles. The van der Waals surface area contributed by atoms with Gasteiger partial charge < -0.3 is 20.1 Å². The van der Waals surface area contributed by atoms with Crippen molar-refractivity contribution in [3.8, 4) is 0 Å². The van der Waals surface area contributed by atoms with Gasteiger partial charge in [0.1, 0.15) is 6.61 Å². The molecule has 0 radical (unpaired) electrons. The second-order valence-electron chi connectivity index (χ2n) is 25.2. The van der Waals surface area contributed by atoms with Gasteiger partial charge in [0, 0.05) is 19.4 Å². The predicted molar refractivity (Wildman–Crippen MR) is 354 cm³/mol. The highest BCUT2D eigenvalue weighted by Gasteiger charge is 2.26. The summed E-state index contributed by atoms with van der Waals surface area (Å²) in [6.07, 6.45) is 83.4. The normalized spacial score (nSPS) is 12.9. The second-order valence-corrected chi connectivity index (χ2v) is 26.6. The second kappa shape index (κ2) is 68.9. The standard InChI is InChI=1S/C72H142NO8P/c1-3-5-7-9-11-13-15-17-19-21-23-25-26-27-28-29-30-31-32-33-34-35-36-37-38-39-40-41-42-43-44-45-47-49-51-53-55-57-59-61-63-65-72(75)81-70(69-80-82(76,77)79-67-66-73)68-78-71(74)64-62-60-58-56-54-52-50-48-46-24-22-20-18-16-14-12-10-8-6-4-2/h21,23,70H,3-20,22,24-69,73H2,1-2H3,(H,76,77)/b23-21-. The average Bonchev–Trinajstić information content (AvgIpc) is 3.47. The third kappa shape index (κ3) is 67.9. The molecule has 10 heteroatoms. The van der Waals surface area contributed by atoms with Gasteiger partial charge in [-0.25, -0.2) is 4.57 Å². The van der Waals surface area contributed by atoms with Crippen molar-refractivity contribution in [2.24, 2.45) is 5.73 Å². The number of phosphoric ester groups is 1. The number of hydrogen-bond donors (Lipinski definition) is 2. The number of allylic oxidation sites excluding steroid dienone is 2. The first-order valence-electron chi connectivity index (χ1n) is 36.7. The van der Waals surface area contributed by atoms with Gasteiger partial charge in [0.15, 0.2) is 6.10 Å². The van der Waals surface area contributed by atoms with Crippen molar-refractivity contribution < 1.29 is 37.6 Å². The van der Waals surface area contributed by atoms with Crippen molar-refractivity contribution in [2.45, 2.75) is 412 Å². The van der Waals surface area contributed by atoms with E-state index in [0.29, 0.717) is 6.42 Å². The molecule has 0 amide bonds. The third-order valence-electron chi connectivity index (χ3n) is 16.9. The van der Waals surface area contributed by atoms with Crippen LogP contribution in [0.15, 0.2) is 12.2 Å². The van der Waals surface area contributed by atoms with Crippen molar-refractivity contribution in [3.05, 3.63) is 12.2 Å². The maximum absolute atomic E-state index is 12.8. The Balaban J connectivity index is 3.71. The summed E-state index contributed by atoms with van der Waals surface area (Å²) in [7, 11) is -4.39. The van der Waals surface area contributed by atoms with Crippen LogP contribution in [0.5, 0.6) is 0 Å². The van der Waals surface area contributed by atoms with Crippen LogP contribution in [0.1, 0.15) is 406 Å². The quantitative estimate of drug-likeness (QED) is 0.0264. The van der Waals surface area contributed by atoms with Crippen LogP contribution in [0.4, 0.5) is 0 Å². The number of rotatable bonds is 71. The first-order chi connectivity index (χ1) is 40.3. The van der Waals surface area contributed by atoms with Crippen LogP contribution in [0.2, 0.25) is 0 Å². The molecule has 9 nitrogen and oxygen atoms in total. The largest absolute Gasteiger partial charge is 0.472 e. The molecule has 0 aliphatic heterocycles. The summed E-state index contributed by atoms with van der Waals surface area (Å²) in [5.41, 5.74) is 5.40. The monoisotopic (exact) mass is 1180 g/mol. The molecule has 0 rings (SSSR count). The van der Waals surface area contributed by atoms with E-state index in [9.17, 15) is 19.0 Å². The Labute approximate surface area is 510 Å². The molecule has 0 saturated heterocycles. The number of ether oxygens (including phenoxy) is 2. The highest BCUT2D eigenvalue weighted by atomic mass is 31.2. The lowest BCUT2D eigenvalue weighted by Gasteiger charge is -2.19. The fraction of sp³-hybridized carbons (Fsp3) is 0.944. The smallest absolute Gasteiger partial charge is 0.462 e. The maximum Gasteiger partial charge on any atom is 0.472 e. The molecule has 0 aliphatic carbocycles. The topological polar surface area (TPSA) is 134 Å². The zero-order valence-electron chi connectivity index (χ0n) is 55.0. The number of hydrogen-bond acceptors (Lipinski definition) is 8. The van der Waals surface area contributed by atoms with Crippen LogP contribution < -0.4 is 5.73 Å². The number of phosphoric acid groups is 1. The Bertz CT molecular complexity index is 1350. The van der Waals surface area contributed by atoms with E-state index in [4.69, 9.17) is 24.3 Å². The summed E-state index contributed by atoms with van der Waals surface area (Å²) in [6.45, 7) is 3.83. The van der Waals surface area contributed by atoms with Gasteiger partial charge in [0.2, 0.25) is 0 Å². The summed E-state index contributed by atoms with van der Waals surface area (Å²) in [5.74, 6) is -0.799. The Hall–Kier alpha value is -1.25. The predicted octanol–water partition coefficient (Wildman–Crippen LogP) is 23.9. The van der Waals surface area contributed by atoms with E-state index in [-0.39, 0.29) is 38.6 Å². The maximum atomic E-state index is 12.8. The minimum Gasteiger partial charge on any atom is -0.462 e. The summed E-state index contributed by atoms with van der Waals surface area (Å²) in [4.78, 5) is 35.3. The summed E-state index contributed by atoms with van der Waals surface area (Å²) < 4.78 is 33.2. The summed E-state index contributed by atoms with van der Waals surface area (Å²) in [6, 6.07) is 0. The molecular formula is C72H142NO8P. The minimum atomic E-state index is -4.39. The van der Waals surface area contributed by atoms with Gasteiger partial charge in [-0.1, -0.05) is 366 Å². The van der Waals surface area contributed by atoms with Gasteiger partial charge >= 0.3 is 19.8 Å². The molecule has 3 N–H and O–H groups in total. The van der Waals surface area contributed by atoms with E-state index in [2.05, 4.69) is 26.0 Å². The van der Waals surface area contributed by atoms with Crippen LogP contribution >= 0.6 is 7.82 Å². The van der Waals surface area contributed by atoms with Gasteiger partial charge in [-0.05, 0) is 38.5 Å². The number of unbranched alkanes of at least 4 members (excludes halogenated alkanes) is 56. The lowest BCUT2D eigenvalue weighted by molar-refractivity contribution is -0.161. The zero-order chi connectivity index (χ0) is 59.4. The van der Waals surface area contributed by atoms with E-state index in [1.165, 1.54) is 340 Å². The third-order valence-corrected chi connectivity index (χ3v) is 17.9. The Morgan fingerprint density at radius 1 is 0.354 bits per heavy atom. The number of nitrogens with two attached hydrogens (primary N) is 1. The van der Waals surface area contributed by atoms with E-state index >= 15 is 0 Å². The van der Waals surface area contributed by atoms with Crippen LogP contribution in [0.3, 0.4) is 0 Å². The first-order valence-corrected chi connectivity index (χ1v) is 38.2. The van der Waals surface area contributed by atoms with Gasteiger partial charge in [-0.15, -0.1) is 0 Å². The number of esters is 2. The Morgan fingerprint density at radius 3 is 0.866 bits per heavy atom. The number of carbonyl (C=O) groups excluding carboxylic acids is 2. The molecule has 0 heterocycles. The zero-order valence-corrected chi connectivity index (χ0v) is 55.9. The van der Waals surface area contributed by atoms with Gasteiger partial charge in [0.05, 0.1) is 13.2 Å². The molecule has 0 aliphatic rings. The molecule has 0 fully saturated rings. The lowest BCUT2D eigenvalue weighted by atomic mass is 10.0. The van der Waals surface area contributed by atoms with E-state index in [0.717, 1.165) is 32.1 Å². The summed E-state index contributed by atoms with van der Waals surface area (Å²) >= 11 is 0. The SMILES string of the molecule is CCCCCCCCCC/C=C\CCCCCCCCCCCCCCCCCCCCCCCCCCCCCCCC(=O)OC(COC(=O)CCCCCCCCCCCCCCCCCCCCCC)COP(=O)(O)OCCN. The van der Waals surface area contributed by atoms with Crippen LogP contribution in [0.25, 0.3) is 0 Å². The van der Waals surface area contributed by atoms with Crippen molar-refractivity contribution in [1.82, 2.24) is 0 Å². The van der Waals surface area contributed by atoms with Crippen LogP contribution in [-0.2, 0) is 32.7 Å². The molecule has 82 heavy (non-hydrogen) atoms. The molecule has 0 aromatic rings. The van der Waals surface area contributed by atoms with Crippen LogP contribution in [0, 0.1) is 0 Å². The number of carbonyl (C=O) groups is 2. The molecule has 0 aromatic carbocycles. The van der Waals surface area contributed by atoms with Crippen molar-refractivity contribution in [3.63, 3.8) is 0 Å². The Kier molecular flexibility index (Phi) is 67.8. The fourth-order valence-corrected chi connectivity index (χ4v) is 12.2. The van der Waals surface area contributed by atoms with Gasteiger partial charge in [-0.3, -0.25) is 18.6 Å². The minimum absolute atomic E-state index is 0.0582. The molecule has 0 aromatic heterocycles. The van der Waals surface area contributed by atoms with E-state index in [1.54, 1.807) is 0 Å². The molecule has 488 valence electrons. The molecule has 0 bridgehead atoms. The fourth-order valence-electron chi connectivity index (χ4n) is 11.5. The van der Waals surface area contributed by atoms with Gasteiger partial charge in [0.25, 0.3) is 0 Å². The molecule has 0 spiro atoms. The van der Waals surface area contributed by atoms with Crippen molar-refractivity contribution in [1.29, 1.82) is 0 Å². The van der Waals surface area contributed by atoms with E-state index in [1.807, 2.05) is 0 Å². The molecular weight excluding hydrogens is 1040 g/mol. The highest BCUT2D eigenvalue weighted by molar-refractivity contribution is 7.47. The molecule has 2 atom stereocenters. The Morgan fingerprint density at radius 2 is 0.598 bits per heavy atom. The summed E-state index contributed by atoms with van der Waals surface area (Å²) in [5, 5.41) is 0. The van der Waals surface area contributed by atoms with Gasteiger partial charge in [-0.2, -0.15) is 0 Å². The lowest BCUT2D eigenvalue weighted by Crippen LogP contribution is -2.29. The van der Waals surface area contributed by atoms with Crippen molar-refractivity contribution in [2.75, 3.05) is 26.4 Å². The first kappa shape index (κ1) is 80.8. The molecule has 2 unspecified atom stereocenters.